The predicted molar refractivity (Wildman–Crippen MR) is 93.9 cm³/mol. The van der Waals surface area contributed by atoms with Crippen LogP contribution in [0.5, 0.6) is 0 Å². The molecule has 0 aromatic carbocycles. The van der Waals surface area contributed by atoms with E-state index in [1.807, 2.05) is 27.8 Å². The summed E-state index contributed by atoms with van der Waals surface area (Å²) >= 11 is 0. The number of hydrogen-bond donors (Lipinski definition) is 1. The molecule has 0 bridgehead atoms. The Morgan fingerprint density at radius 2 is 2.15 bits per heavy atom. The van der Waals surface area contributed by atoms with Crippen LogP contribution in [-0.4, -0.2) is 38.0 Å². The van der Waals surface area contributed by atoms with Crippen molar-refractivity contribution in [1.82, 2.24) is 25.0 Å². The summed E-state index contributed by atoms with van der Waals surface area (Å²) in [7, 11) is 1.86. The molecule has 0 unspecified atom stereocenters. The molecule has 0 spiro atoms. The highest BCUT2D eigenvalue weighted by Crippen LogP contribution is 2.39. The number of amides is 2. The summed E-state index contributed by atoms with van der Waals surface area (Å²) in [6.45, 7) is 6.63. The van der Waals surface area contributed by atoms with E-state index < -0.39 is 5.92 Å². The average molecular weight is 359 g/mol. The van der Waals surface area contributed by atoms with E-state index in [0.717, 1.165) is 23.4 Å². The van der Waals surface area contributed by atoms with Gasteiger partial charge in [0.1, 0.15) is 5.76 Å². The molecule has 2 atom stereocenters. The van der Waals surface area contributed by atoms with Gasteiger partial charge in [-0.05, 0) is 13.8 Å². The van der Waals surface area contributed by atoms with Crippen molar-refractivity contribution in [2.24, 2.45) is 13.0 Å². The number of aryl methyl sites for hydroxylation is 2. The standard InChI is InChI=1S/C18H25N5O3/c1-5-12-8-19-15(26-12)10-20-18(25)13-7-16(24)23(6-2)17(13)14-9-21-22(4)11(14)3/h8-9,13,17H,5-7,10H2,1-4H3,(H,20,25)/t13-,17-/m0/s1. The van der Waals surface area contributed by atoms with Crippen molar-refractivity contribution >= 4 is 11.8 Å². The molecule has 2 aromatic heterocycles. The van der Waals surface area contributed by atoms with Crippen molar-refractivity contribution in [2.45, 2.75) is 46.2 Å². The van der Waals surface area contributed by atoms with Crippen LogP contribution in [0.3, 0.4) is 0 Å². The van der Waals surface area contributed by atoms with E-state index in [2.05, 4.69) is 15.4 Å². The lowest BCUT2D eigenvalue weighted by Crippen LogP contribution is -2.35. The molecule has 1 aliphatic heterocycles. The molecular formula is C18H25N5O3. The Kier molecular flexibility index (Phi) is 5.11. The van der Waals surface area contributed by atoms with E-state index in [-0.39, 0.29) is 30.8 Å². The molecule has 2 amide bonds. The van der Waals surface area contributed by atoms with Crippen LogP contribution in [0.1, 0.15) is 49.2 Å². The average Bonchev–Trinajstić information content (AvgIpc) is 3.31. The molecule has 0 aliphatic carbocycles. The molecule has 1 fully saturated rings. The molecule has 3 rings (SSSR count). The van der Waals surface area contributed by atoms with Gasteiger partial charge in [-0.3, -0.25) is 14.3 Å². The van der Waals surface area contributed by atoms with Gasteiger partial charge in [0, 0.05) is 37.7 Å². The SMILES string of the molecule is CCc1cnc(CNC(=O)[C@H]2CC(=O)N(CC)[C@@H]2c2cnn(C)c2C)o1. The van der Waals surface area contributed by atoms with Gasteiger partial charge in [-0.1, -0.05) is 6.92 Å². The normalized spacial score (nSPS) is 20.0. The van der Waals surface area contributed by atoms with Crippen molar-refractivity contribution in [1.29, 1.82) is 0 Å². The number of oxazole rings is 1. The van der Waals surface area contributed by atoms with E-state index in [0.29, 0.717) is 12.4 Å². The molecule has 1 N–H and O–H groups in total. The number of nitrogens with zero attached hydrogens (tertiary/aromatic N) is 4. The minimum atomic E-state index is -0.453. The number of carbonyl (C=O) groups excluding carboxylic acids is 2. The van der Waals surface area contributed by atoms with Gasteiger partial charge in [0.2, 0.25) is 17.7 Å². The zero-order chi connectivity index (χ0) is 18.8. The maximum Gasteiger partial charge on any atom is 0.226 e. The number of carbonyl (C=O) groups is 2. The molecular weight excluding hydrogens is 334 g/mol. The predicted octanol–water partition coefficient (Wildman–Crippen LogP) is 1.50. The fourth-order valence-corrected chi connectivity index (χ4v) is 3.48. The lowest BCUT2D eigenvalue weighted by Gasteiger charge is -2.26. The monoisotopic (exact) mass is 359 g/mol. The summed E-state index contributed by atoms with van der Waals surface area (Å²) in [4.78, 5) is 31.2. The van der Waals surface area contributed by atoms with E-state index in [4.69, 9.17) is 4.42 Å². The number of rotatable bonds is 6. The van der Waals surface area contributed by atoms with Crippen LogP contribution in [0.15, 0.2) is 16.8 Å². The first kappa shape index (κ1) is 18.2. The molecule has 26 heavy (non-hydrogen) atoms. The zero-order valence-electron chi connectivity index (χ0n) is 15.7. The van der Waals surface area contributed by atoms with Gasteiger partial charge >= 0.3 is 0 Å². The maximum atomic E-state index is 12.8. The quantitative estimate of drug-likeness (QED) is 0.844. The Hall–Kier alpha value is -2.64. The highest BCUT2D eigenvalue weighted by atomic mass is 16.4. The van der Waals surface area contributed by atoms with E-state index in [1.54, 1.807) is 22.0 Å². The van der Waals surface area contributed by atoms with Crippen molar-refractivity contribution in [3.8, 4) is 0 Å². The van der Waals surface area contributed by atoms with Gasteiger partial charge in [-0.2, -0.15) is 5.10 Å². The van der Waals surface area contributed by atoms with Gasteiger partial charge in [0.05, 0.1) is 30.9 Å². The highest BCUT2D eigenvalue weighted by molar-refractivity contribution is 5.90. The number of aromatic nitrogens is 3. The Balaban J connectivity index is 1.78. The van der Waals surface area contributed by atoms with Crippen LogP contribution in [0.4, 0.5) is 0 Å². The van der Waals surface area contributed by atoms with Gasteiger partial charge in [0.25, 0.3) is 0 Å². The first-order valence-corrected chi connectivity index (χ1v) is 8.95. The van der Waals surface area contributed by atoms with E-state index in [1.165, 1.54) is 0 Å². The van der Waals surface area contributed by atoms with Crippen LogP contribution < -0.4 is 5.32 Å². The van der Waals surface area contributed by atoms with Crippen LogP contribution >= 0.6 is 0 Å². The Bertz CT molecular complexity index is 810. The summed E-state index contributed by atoms with van der Waals surface area (Å²) in [6.07, 6.45) is 4.38. The minimum absolute atomic E-state index is 0.00899. The first-order chi connectivity index (χ1) is 12.5. The van der Waals surface area contributed by atoms with Crippen LogP contribution in [-0.2, 0) is 29.6 Å². The first-order valence-electron chi connectivity index (χ1n) is 8.95. The lowest BCUT2D eigenvalue weighted by molar-refractivity contribution is -0.129. The van der Waals surface area contributed by atoms with Crippen molar-refractivity contribution < 1.29 is 14.0 Å². The fraction of sp³-hybridized carbons (Fsp3) is 0.556. The van der Waals surface area contributed by atoms with Gasteiger partial charge in [-0.15, -0.1) is 0 Å². The summed E-state index contributed by atoms with van der Waals surface area (Å²) in [5.41, 5.74) is 1.88. The Morgan fingerprint density at radius 1 is 1.38 bits per heavy atom. The number of hydrogen-bond acceptors (Lipinski definition) is 5. The van der Waals surface area contributed by atoms with Crippen LogP contribution in [0, 0.1) is 12.8 Å². The molecule has 0 radical (unpaired) electrons. The summed E-state index contributed by atoms with van der Waals surface area (Å²) < 4.78 is 7.29. The van der Waals surface area contributed by atoms with Gasteiger partial charge < -0.3 is 14.6 Å². The third-order valence-corrected chi connectivity index (χ3v) is 5.06. The smallest absolute Gasteiger partial charge is 0.226 e. The highest BCUT2D eigenvalue weighted by Gasteiger charge is 2.44. The Morgan fingerprint density at radius 3 is 2.73 bits per heavy atom. The van der Waals surface area contributed by atoms with Crippen LogP contribution in [0.2, 0.25) is 0 Å². The topological polar surface area (TPSA) is 93.3 Å². The number of likely N-dealkylation sites (tertiary alicyclic amines) is 1. The molecule has 140 valence electrons. The van der Waals surface area contributed by atoms with Crippen LogP contribution in [0.25, 0.3) is 0 Å². The van der Waals surface area contributed by atoms with Crippen molar-refractivity contribution in [3.63, 3.8) is 0 Å². The molecule has 0 saturated carbocycles. The minimum Gasteiger partial charge on any atom is -0.444 e. The van der Waals surface area contributed by atoms with Crippen molar-refractivity contribution in [3.05, 3.63) is 35.3 Å². The largest absolute Gasteiger partial charge is 0.444 e. The second kappa shape index (κ2) is 7.31. The van der Waals surface area contributed by atoms with Gasteiger partial charge in [0.15, 0.2) is 0 Å². The number of nitrogens with one attached hydrogen (secondary N) is 1. The Labute approximate surface area is 152 Å². The second-order valence-corrected chi connectivity index (χ2v) is 6.54. The van der Waals surface area contributed by atoms with E-state index in [9.17, 15) is 9.59 Å². The molecule has 1 aliphatic rings. The summed E-state index contributed by atoms with van der Waals surface area (Å²) in [5, 5.41) is 7.14. The molecule has 8 nitrogen and oxygen atoms in total. The third-order valence-electron chi connectivity index (χ3n) is 5.06. The fourth-order valence-electron chi connectivity index (χ4n) is 3.48. The van der Waals surface area contributed by atoms with Crippen molar-refractivity contribution in [2.75, 3.05) is 6.54 Å². The van der Waals surface area contributed by atoms with E-state index >= 15 is 0 Å². The molecule has 1 saturated heterocycles. The maximum absolute atomic E-state index is 12.8. The molecule has 3 heterocycles. The second-order valence-electron chi connectivity index (χ2n) is 6.54. The zero-order valence-corrected chi connectivity index (χ0v) is 15.7. The molecule has 8 heteroatoms. The van der Waals surface area contributed by atoms with Gasteiger partial charge in [-0.25, -0.2) is 4.98 Å². The summed E-state index contributed by atoms with van der Waals surface area (Å²) in [6, 6.07) is -0.294. The lowest BCUT2D eigenvalue weighted by atomic mass is 9.93. The molecule has 2 aromatic rings. The third kappa shape index (κ3) is 3.23. The summed E-state index contributed by atoms with van der Waals surface area (Å²) in [5.74, 6) is 0.627.